The molecule has 3 nitrogen and oxygen atoms in total. The Morgan fingerprint density at radius 3 is 2.67 bits per heavy atom. The van der Waals surface area contributed by atoms with Gasteiger partial charge in [0.05, 0.1) is 11.2 Å². The van der Waals surface area contributed by atoms with Crippen LogP contribution in [-0.2, 0) is 13.5 Å². The first-order valence-electron chi connectivity index (χ1n) is 7.29. The van der Waals surface area contributed by atoms with Crippen molar-refractivity contribution in [2.24, 2.45) is 12.8 Å². The van der Waals surface area contributed by atoms with Gasteiger partial charge in [0.25, 0.3) is 0 Å². The van der Waals surface area contributed by atoms with Gasteiger partial charge in [-0.05, 0) is 31.0 Å². The molecular formula is C18H21N3. The highest BCUT2D eigenvalue weighted by atomic mass is 15.3. The second-order valence-corrected chi connectivity index (χ2v) is 5.76. The van der Waals surface area contributed by atoms with E-state index in [1.54, 1.807) is 0 Å². The maximum Gasteiger partial charge on any atom is 0.0722 e. The number of hydrogen-bond donors (Lipinski definition) is 1. The smallest absolute Gasteiger partial charge is 0.0722 e. The molecule has 3 aromatic rings. The molecule has 21 heavy (non-hydrogen) atoms. The van der Waals surface area contributed by atoms with Gasteiger partial charge in [-0.2, -0.15) is 5.10 Å². The number of hydrogen-bond acceptors (Lipinski definition) is 2. The average Bonchev–Trinajstić information content (AvgIpc) is 2.76. The summed E-state index contributed by atoms with van der Waals surface area (Å²) in [5.74, 6) is 0. The fraction of sp³-hybridized carbons (Fsp3) is 0.278. The van der Waals surface area contributed by atoms with Crippen molar-refractivity contribution in [2.75, 3.05) is 0 Å². The van der Waals surface area contributed by atoms with E-state index in [-0.39, 0.29) is 6.04 Å². The molecular weight excluding hydrogens is 258 g/mol. The minimum Gasteiger partial charge on any atom is -0.324 e. The SMILES string of the molecule is Cc1ccc(C(N)Cc2nn(C)c3ccccc23)c(C)c1. The summed E-state index contributed by atoms with van der Waals surface area (Å²) in [4.78, 5) is 0. The fourth-order valence-electron chi connectivity index (χ4n) is 3.00. The van der Waals surface area contributed by atoms with Crippen LogP contribution in [0.25, 0.3) is 10.9 Å². The van der Waals surface area contributed by atoms with Crippen LogP contribution in [0.1, 0.15) is 28.4 Å². The monoisotopic (exact) mass is 279 g/mol. The summed E-state index contributed by atoms with van der Waals surface area (Å²) in [5.41, 5.74) is 12.4. The van der Waals surface area contributed by atoms with Crippen LogP contribution in [0.4, 0.5) is 0 Å². The molecule has 2 N–H and O–H groups in total. The first kappa shape index (κ1) is 13.8. The molecule has 3 rings (SSSR count). The Morgan fingerprint density at radius 2 is 1.90 bits per heavy atom. The zero-order chi connectivity index (χ0) is 15.0. The van der Waals surface area contributed by atoms with Gasteiger partial charge in [-0.3, -0.25) is 4.68 Å². The number of para-hydroxylation sites is 1. The first-order valence-corrected chi connectivity index (χ1v) is 7.29. The lowest BCUT2D eigenvalue weighted by Crippen LogP contribution is -2.15. The van der Waals surface area contributed by atoms with Crippen LogP contribution in [0.3, 0.4) is 0 Å². The third-order valence-electron chi connectivity index (χ3n) is 4.07. The molecule has 3 heteroatoms. The second kappa shape index (κ2) is 5.34. The highest BCUT2D eigenvalue weighted by Crippen LogP contribution is 2.24. The molecule has 0 fully saturated rings. The van der Waals surface area contributed by atoms with Gasteiger partial charge < -0.3 is 5.73 Å². The van der Waals surface area contributed by atoms with E-state index < -0.39 is 0 Å². The number of benzene rings is 2. The number of aryl methyl sites for hydroxylation is 3. The zero-order valence-electron chi connectivity index (χ0n) is 12.8. The van der Waals surface area contributed by atoms with Crippen LogP contribution in [0, 0.1) is 13.8 Å². The van der Waals surface area contributed by atoms with E-state index in [1.807, 2.05) is 17.8 Å². The number of fused-ring (bicyclic) bond motifs is 1. The first-order chi connectivity index (χ1) is 10.1. The van der Waals surface area contributed by atoms with Crippen LogP contribution in [0.5, 0.6) is 0 Å². The lowest BCUT2D eigenvalue weighted by atomic mass is 9.96. The van der Waals surface area contributed by atoms with Crippen molar-refractivity contribution >= 4 is 10.9 Å². The molecule has 0 saturated heterocycles. The Bertz CT molecular complexity index is 786. The Kier molecular flexibility index (Phi) is 3.52. The highest BCUT2D eigenvalue weighted by Gasteiger charge is 2.15. The molecule has 1 aromatic heterocycles. The van der Waals surface area contributed by atoms with Crippen molar-refractivity contribution in [3.05, 3.63) is 64.8 Å². The zero-order valence-corrected chi connectivity index (χ0v) is 12.8. The molecule has 0 saturated carbocycles. The van der Waals surface area contributed by atoms with E-state index in [2.05, 4.69) is 55.3 Å². The normalized spacial score (nSPS) is 12.8. The van der Waals surface area contributed by atoms with E-state index in [1.165, 1.54) is 22.1 Å². The van der Waals surface area contributed by atoms with Crippen molar-refractivity contribution in [3.63, 3.8) is 0 Å². The molecule has 0 aliphatic carbocycles. The third-order valence-corrected chi connectivity index (χ3v) is 4.07. The fourth-order valence-corrected chi connectivity index (χ4v) is 3.00. The largest absolute Gasteiger partial charge is 0.324 e. The van der Waals surface area contributed by atoms with Gasteiger partial charge >= 0.3 is 0 Å². The Morgan fingerprint density at radius 1 is 1.14 bits per heavy atom. The van der Waals surface area contributed by atoms with Crippen molar-refractivity contribution < 1.29 is 0 Å². The van der Waals surface area contributed by atoms with E-state index in [9.17, 15) is 0 Å². The summed E-state index contributed by atoms with van der Waals surface area (Å²) in [5, 5.41) is 5.83. The van der Waals surface area contributed by atoms with E-state index >= 15 is 0 Å². The standard InChI is InChI=1S/C18H21N3/c1-12-8-9-14(13(2)10-12)16(19)11-17-15-6-4-5-7-18(15)21(3)20-17/h4-10,16H,11,19H2,1-3H3. The maximum atomic E-state index is 6.43. The number of aromatic nitrogens is 2. The van der Waals surface area contributed by atoms with Gasteiger partial charge in [0.2, 0.25) is 0 Å². The van der Waals surface area contributed by atoms with Gasteiger partial charge in [0.1, 0.15) is 0 Å². The van der Waals surface area contributed by atoms with E-state index in [4.69, 9.17) is 5.73 Å². The second-order valence-electron chi connectivity index (χ2n) is 5.76. The van der Waals surface area contributed by atoms with E-state index in [0.717, 1.165) is 17.6 Å². The summed E-state index contributed by atoms with van der Waals surface area (Å²) in [6.07, 6.45) is 0.755. The number of nitrogens with zero attached hydrogens (tertiary/aromatic N) is 2. The molecule has 0 aliphatic rings. The summed E-state index contributed by atoms with van der Waals surface area (Å²) in [7, 11) is 1.98. The van der Waals surface area contributed by atoms with Gasteiger partial charge in [-0.1, -0.05) is 42.0 Å². The summed E-state index contributed by atoms with van der Waals surface area (Å²) in [6, 6.07) is 14.7. The number of nitrogens with two attached hydrogens (primary N) is 1. The van der Waals surface area contributed by atoms with Gasteiger partial charge in [0.15, 0.2) is 0 Å². The Hall–Kier alpha value is -2.13. The quantitative estimate of drug-likeness (QED) is 0.798. The van der Waals surface area contributed by atoms with Crippen LogP contribution < -0.4 is 5.73 Å². The highest BCUT2D eigenvalue weighted by molar-refractivity contribution is 5.81. The van der Waals surface area contributed by atoms with Crippen LogP contribution in [0.15, 0.2) is 42.5 Å². The van der Waals surface area contributed by atoms with Crippen LogP contribution in [0.2, 0.25) is 0 Å². The minimum absolute atomic E-state index is 0.0242. The summed E-state index contributed by atoms with van der Waals surface area (Å²) < 4.78 is 1.93. The Balaban J connectivity index is 1.94. The predicted molar refractivity (Wildman–Crippen MR) is 87.3 cm³/mol. The van der Waals surface area contributed by atoms with Gasteiger partial charge in [-0.25, -0.2) is 0 Å². The van der Waals surface area contributed by atoms with Crippen LogP contribution in [-0.4, -0.2) is 9.78 Å². The van der Waals surface area contributed by atoms with Crippen molar-refractivity contribution in [1.82, 2.24) is 9.78 Å². The lowest BCUT2D eigenvalue weighted by molar-refractivity contribution is 0.679. The molecule has 1 unspecified atom stereocenters. The average molecular weight is 279 g/mol. The minimum atomic E-state index is -0.0242. The molecule has 1 heterocycles. The molecule has 108 valence electrons. The molecule has 2 aromatic carbocycles. The molecule has 0 bridgehead atoms. The van der Waals surface area contributed by atoms with Crippen molar-refractivity contribution in [2.45, 2.75) is 26.3 Å². The molecule has 0 radical (unpaired) electrons. The topological polar surface area (TPSA) is 43.8 Å². The van der Waals surface area contributed by atoms with Crippen LogP contribution >= 0.6 is 0 Å². The maximum absolute atomic E-state index is 6.43. The third kappa shape index (κ3) is 2.57. The van der Waals surface area contributed by atoms with Crippen molar-refractivity contribution in [3.8, 4) is 0 Å². The van der Waals surface area contributed by atoms with E-state index in [0.29, 0.717) is 0 Å². The summed E-state index contributed by atoms with van der Waals surface area (Å²) in [6.45, 7) is 4.23. The lowest BCUT2D eigenvalue weighted by Gasteiger charge is -2.14. The molecule has 0 spiro atoms. The van der Waals surface area contributed by atoms with Crippen molar-refractivity contribution in [1.29, 1.82) is 0 Å². The molecule has 1 atom stereocenters. The molecule has 0 aliphatic heterocycles. The Labute approximate surface area is 125 Å². The predicted octanol–water partition coefficient (Wildman–Crippen LogP) is 3.43. The van der Waals surface area contributed by atoms with Gasteiger partial charge in [0, 0.05) is 24.9 Å². The van der Waals surface area contributed by atoms with Gasteiger partial charge in [-0.15, -0.1) is 0 Å². The molecule has 0 amide bonds. The summed E-state index contributed by atoms with van der Waals surface area (Å²) >= 11 is 0. The number of rotatable bonds is 3.